The molecule has 0 bridgehead atoms. The largest absolute Gasteiger partial charge is 0.462 e. The zero-order chi connectivity index (χ0) is 40.1. The van der Waals surface area contributed by atoms with Crippen LogP contribution in [0, 0.1) is 0 Å². The Morgan fingerprint density at radius 2 is 0.491 bits per heavy atom. The summed E-state index contributed by atoms with van der Waals surface area (Å²) in [6.45, 7) is 6.61. The van der Waals surface area contributed by atoms with E-state index in [-0.39, 0.29) is 31.1 Å². The van der Waals surface area contributed by atoms with Crippen LogP contribution in [0.3, 0.4) is 0 Å². The van der Waals surface area contributed by atoms with Gasteiger partial charge in [-0.1, -0.05) is 239 Å². The molecule has 1 unspecified atom stereocenters. The molecule has 0 heterocycles. The lowest BCUT2D eigenvalue weighted by atomic mass is 10.0. The third kappa shape index (κ3) is 43.4. The van der Waals surface area contributed by atoms with Crippen LogP contribution in [-0.4, -0.2) is 37.2 Å². The molecule has 0 N–H and O–H groups in total. The molecular weight excluding hydrogens is 685 g/mol. The molecule has 6 nitrogen and oxygen atoms in total. The summed E-state index contributed by atoms with van der Waals surface area (Å²) in [6, 6.07) is 0. The molecule has 0 saturated carbocycles. The average Bonchev–Trinajstić information content (AvgIpc) is 3.18. The second-order valence-corrected chi connectivity index (χ2v) is 16.7. The van der Waals surface area contributed by atoms with Gasteiger partial charge in [-0.25, -0.2) is 0 Å². The second kappa shape index (κ2) is 45.1. The molecular formula is C49H94O6. The molecule has 0 aliphatic carbocycles. The van der Waals surface area contributed by atoms with Gasteiger partial charge in [0.15, 0.2) is 6.10 Å². The lowest BCUT2D eigenvalue weighted by molar-refractivity contribution is -0.167. The van der Waals surface area contributed by atoms with E-state index >= 15 is 0 Å². The van der Waals surface area contributed by atoms with E-state index < -0.39 is 6.10 Å². The first kappa shape index (κ1) is 53.4. The second-order valence-electron chi connectivity index (χ2n) is 16.7. The molecule has 0 amide bonds. The Morgan fingerprint density at radius 3 is 0.727 bits per heavy atom. The molecule has 0 aromatic heterocycles. The summed E-state index contributed by atoms with van der Waals surface area (Å²) in [4.78, 5) is 37.6. The summed E-state index contributed by atoms with van der Waals surface area (Å²) < 4.78 is 16.7. The van der Waals surface area contributed by atoms with Crippen LogP contribution in [-0.2, 0) is 28.6 Å². The van der Waals surface area contributed by atoms with Gasteiger partial charge in [0.1, 0.15) is 13.2 Å². The third-order valence-corrected chi connectivity index (χ3v) is 11.1. The lowest BCUT2D eigenvalue weighted by Crippen LogP contribution is -2.30. The Morgan fingerprint density at radius 1 is 0.291 bits per heavy atom. The van der Waals surface area contributed by atoms with Crippen molar-refractivity contribution in [3.8, 4) is 0 Å². The van der Waals surface area contributed by atoms with Crippen LogP contribution in [0.4, 0.5) is 0 Å². The van der Waals surface area contributed by atoms with Gasteiger partial charge in [0, 0.05) is 19.3 Å². The molecule has 0 radical (unpaired) electrons. The maximum atomic E-state index is 12.7. The Bertz CT molecular complexity index is 813. The van der Waals surface area contributed by atoms with Gasteiger partial charge in [0.25, 0.3) is 0 Å². The van der Waals surface area contributed by atoms with E-state index in [9.17, 15) is 14.4 Å². The van der Waals surface area contributed by atoms with Crippen LogP contribution in [0.1, 0.15) is 278 Å². The first-order chi connectivity index (χ1) is 27.0. The number of unbranched alkanes of at least 4 members (excludes halogenated alkanes) is 34. The molecule has 0 aromatic rings. The van der Waals surface area contributed by atoms with Gasteiger partial charge in [-0.15, -0.1) is 0 Å². The lowest BCUT2D eigenvalue weighted by Gasteiger charge is -2.18. The fourth-order valence-corrected chi connectivity index (χ4v) is 7.38. The first-order valence-corrected chi connectivity index (χ1v) is 24.5. The third-order valence-electron chi connectivity index (χ3n) is 11.1. The molecule has 0 rings (SSSR count). The van der Waals surface area contributed by atoms with Crippen molar-refractivity contribution in [1.82, 2.24) is 0 Å². The Hall–Kier alpha value is -1.59. The predicted octanol–water partition coefficient (Wildman–Crippen LogP) is 15.6. The number of esters is 3. The molecule has 0 saturated heterocycles. The number of carbonyl (C=O) groups is 3. The first-order valence-electron chi connectivity index (χ1n) is 24.5. The number of carbonyl (C=O) groups excluding carboxylic acids is 3. The molecule has 55 heavy (non-hydrogen) atoms. The van der Waals surface area contributed by atoms with Gasteiger partial charge >= 0.3 is 17.9 Å². The van der Waals surface area contributed by atoms with Crippen molar-refractivity contribution >= 4 is 17.9 Å². The Balaban J connectivity index is 4.16. The maximum Gasteiger partial charge on any atom is 0.306 e. The molecule has 6 heteroatoms. The van der Waals surface area contributed by atoms with E-state index in [4.69, 9.17) is 14.2 Å². The summed E-state index contributed by atoms with van der Waals surface area (Å²) in [5.41, 5.74) is 0. The molecule has 0 fully saturated rings. The van der Waals surface area contributed by atoms with E-state index in [0.717, 1.165) is 57.8 Å². The zero-order valence-electron chi connectivity index (χ0n) is 37.2. The standard InChI is InChI=1S/C49H94O6/c1-4-7-10-13-16-18-20-22-24-25-26-28-29-31-33-36-39-42-48(51)54-45-46(44-53-47(50)41-38-35-15-12-9-6-3)55-49(52)43-40-37-34-32-30-27-23-21-19-17-14-11-8-5-2/h46H,4-45H2,1-3H3. The molecule has 0 aliphatic heterocycles. The minimum Gasteiger partial charge on any atom is -0.462 e. The minimum absolute atomic E-state index is 0.0629. The molecule has 0 aromatic carbocycles. The Kier molecular flexibility index (Phi) is 43.8. The SMILES string of the molecule is CCCCCCCCCCCCCCCCCCCC(=O)OCC(COC(=O)CCCCCCCC)OC(=O)CCCCCCCCCCCCCCCC. The molecule has 0 spiro atoms. The predicted molar refractivity (Wildman–Crippen MR) is 233 cm³/mol. The summed E-state index contributed by atoms with van der Waals surface area (Å²) in [5, 5.41) is 0. The normalized spacial score (nSPS) is 11.8. The summed E-state index contributed by atoms with van der Waals surface area (Å²) in [7, 11) is 0. The average molecular weight is 779 g/mol. The van der Waals surface area contributed by atoms with E-state index in [1.165, 1.54) is 180 Å². The van der Waals surface area contributed by atoms with Gasteiger partial charge in [-0.05, 0) is 19.3 Å². The van der Waals surface area contributed by atoms with Crippen molar-refractivity contribution in [3.63, 3.8) is 0 Å². The van der Waals surface area contributed by atoms with Gasteiger partial charge < -0.3 is 14.2 Å². The molecule has 326 valence electrons. The van der Waals surface area contributed by atoms with Gasteiger partial charge in [-0.3, -0.25) is 14.4 Å². The van der Waals surface area contributed by atoms with Crippen LogP contribution in [0.2, 0.25) is 0 Å². The fourth-order valence-electron chi connectivity index (χ4n) is 7.38. The molecule has 0 aliphatic rings. The summed E-state index contributed by atoms with van der Waals surface area (Å²) in [5.74, 6) is -0.856. The highest BCUT2D eigenvalue weighted by atomic mass is 16.6. The van der Waals surface area contributed by atoms with Crippen LogP contribution in [0.15, 0.2) is 0 Å². The van der Waals surface area contributed by atoms with Crippen molar-refractivity contribution < 1.29 is 28.6 Å². The van der Waals surface area contributed by atoms with Crippen molar-refractivity contribution in [2.24, 2.45) is 0 Å². The topological polar surface area (TPSA) is 78.9 Å². The van der Waals surface area contributed by atoms with E-state index in [1.54, 1.807) is 0 Å². The fraction of sp³-hybridized carbons (Fsp3) is 0.939. The van der Waals surface area contributed by atoms with Crippen LogP contribution in [0.25, 0.3) is 0 Å². The smallest absolute Gasteiger partial charge is 0.306 e. The highest BCUT2D eigenvalue weighted by molar-refractivity contribution is 5.71. The quantitative estimate of drug-likeness (QED) is 0.0348. The minimum atomic E-state index is -0.757. The maximum absolute atomic E-state index is 12.7. The van der Waals surface area contributed by atoms with Crippen molar-refractivity contribution in [3.05, 3.63) is 0 Å². The number of rotatable bonds is 45. The van der Waals surface area contributed by atoms with Gasteiger partial charge in [-0.2, -0.15) is 0 Å². The van der Waals surface area contributed by atoms with E-state index in [2.05, 4.69) is 20.8 Å². The van der Waals surface area contributed by atoms with Gasteiger partial charge in [0.2, 0.25) is 0 Å². The summed E-state index contributed by atoms with van der Waals surface area (Å²) >= 11 is 0. The zero-order valence-corrected chi connectivity index (χ0v) is 37.2. The van der Waals surface area contributed by atoms with Crippen LogP contribution < -0.4 is 0 Å². The number of hydrogen-bond acceptors (Lipinski definition) is 6. The highest BCUT2D eigenvalue weighted by Gasteiger charge is 2.19. The van der Waals surface area contributed by atoms with Gasteiger partial charge in [0.05, 0.1) is 0 Å². The van der Waals surface area contributed by atoms with E-state index in [0.29, 0.717) is 19.3 Å². The number of hydrogen-bond donors (Lipinski definition) is 0. The summed E-state index contributed by atoms with van der Waals surface area (Å²) in [6.07, 6.45) is 46.8. The number of ether oxygens (including phenoxy) is 3. The van der Waals surface area contributed by atoms with E-state index in [1.807, 2.05) is 0 Å². The van der Waals surface area contributed by atoms with Crippen molar-refractivity contribution in [2.75, 3.05) is 13.2 Å². The monoisotopic (exact) mass is 779 g/mol. The van der Waals surface area contributed by atoms with Crippen LogP contribution >= 0.6 is 0 Å². The highest BCUT2D eigenvalue weighted by Crippen LogP contribution is 2.16. The van der Waals surface area contributed by atoms with Crippen molar-refractivity contribution in [1.29, 1.82) is 0 Å². The van der Waals surface area contributed by atoms with Crippen LogP contribution in [0.5, 0.6) is 0 Å². The Labute approximate surface area is 342 Å². The van der Waals surface area contributed by atoms with Crippen molar-refractivity contribution in [2.45, 2.75) is 284 Å². The molecule has 1 atom stereocenters.